The van der Waals surface area contributed by atoms with Crippen LogP contribution in [0.25, 0.3) is 11.1 Å². The van der Waals surface area contributed by atoms with Crippen molar-refractivity contribution in [2.75, 3.05) is 23.3 Å². The third-order valence-corrected chi connectivity index (χ3v) is 6.80. The van der Waals surface area contributed by atoms with Crippen molar-refractivity contribution >= 4 is 38.4 Å². The topological polar surface area (TPSA) is 120 Å². The van der Waals surface area contributed by atoms with Gasteiger partial charge in [-0.15, -0.1) is 0 Å². The highest BCUT2D eigenvalue weighted by molar-refractivity contribution is 7.92. The zero-order valence-corrected chi connectivity index (χ0v) is 19.7. The summed E-state index contributed by atoms with van der Waals surface area (Å²) in [5.41, 5.74) is 2.60. The number of aromatic nitrogens is 1. The van der Waals surface area contributed by atoms with Crippen LogP contribution in [0.4, 0.5) is 11.4 Å². The lowest BCUT2D eigenvalue weighted by atomic mass is 10.2. The van der Waals surface area contributed by atoms with Gasteiger partial charge < -0.3 is 19.2 Å². The van der Waals surface area contributed by atoms with Crippen LogP contribution in [0.5, 0.6) is 11.5 Å². The first-order chi connectivity index (χ1) is 16.9. The molecule has 4 aromatic rings. The SMILES string of the molecule is CCc1nc2cc(NC(=O)c3ccc(NS(=O)(=O)c4ccc5c(c4)OCCCO5)cc3)ccc2o1. The van der Waals surface area contributed by atoms with E-state index < -0.39 is 10.0 Å². The van der Waals surface area contributed by atoms with Crippen molar-refractivity contribution in [3.63, 3.8) is 0 Å². The van der Waals surface area contributed by atoms with Crippen molar-refractivity contribution < 1.29 is 27.1 Å². The Hall–Kier alpha value is -4.05. The van der Waals surface area contributed by atoms with E-state index in [1.54, 1.807) is 36.4 Å². The normalized spacial score (nSPS) is 13.3. The molecule has 1 aliphatic heterocycles. The van der Waals surface area contributed by atoms with E-state index in [2.05, 4.69) is 15.0 Å². The molecule has 2 N–H and O–H groups in total. The van der Waals surface area contributed by atoms with Gasteiger partial charge >= 0.3 is 0 Å². The lowest BCUT2D eigenvalue weighted by molar-refractivity contribution is 0.102. The first kappa shape index (κ1) is 22.7. The van der Waals surface area contributed by atoms with E-state index in [1.807, 2.05) is 6.92 Å². The van der Waals surface area contributed by atoms with Gasteiger partial charge in [-0.1, -0.05) is 6.92 Å². The first-order valence-corrected chi connectivity index (χ1v) is 12.6. The lowest BCUT2D eigenvalue weighted by Gasteiger charge is -2.12. The van der Waals surface area contributed by atoms with Gasteiger partial charge in [0, 0.05) is 35.8 Å². The Balaban J connectivity index is 1.28. The highest BCUT2D eigenvalue weighted by Gasteiger charge is 2.19. The second-order valence-electron chi connectivity index (χ2n) is 7.94. The van der Waals surface area contributed by atoms with Gasteiger partial charge in [-0.05, 0) is 54.6 Å². The van der Waals surface area contributed by atoms with Gasteiger partial charge in [-0.25, -0.2) is 13.4 Å². The molecule has 3 aromatic carbocycles. The van der Waals surface area contributed by atoms with Crippen molar-refractivity contribution in [2.24, 2.45) is 0 Å². The van der Waals surface area contributed by atoms with Crippen LogP contribution in [-0.4, -0.2) is 32.5 Å². The number of rotatable bonds is 6. The number of fused-ring (bicyclic) bond motifs is 2. The fraction of sp³-hybridized carbons (Fsp3) is 0.200. The van der Waals surface area contributed by atoms with Crippen LogP contribution in [-0.2, 0) is 16.4 Å². The number of aryl methyl sites for hydroxylation is 1. The van der Waals surface area contributed by atoms with Crippen LogP contribution >= 0.6 is 0 Å². The highest BCUT2D eigenvalue weighted by atomic mass is 32.2. The van der Waals surface area contributed by atoms with E-state index in [0.717, 1.165) is 6.42 Å². The van der Waals surface area contributed by atoms with E-state index in [0.29, 0.717) is 65.1 Å². The molecule has 0 saturated carbocycles. The number of carbonyl (C=O) groups excluding carboxylic acids is 1. The third-order valence-electron chi connectivity index (χ3n) is 5.42. The maximum absolute atomic E-state index is 12.9. The zero-order chi connectivity index (χ0) is 24.4. The van der Waals surface area contributed by atoms with E-state index >= 15 is 0 Å². The molecule has 5 rings (SSSR count). The minimum absolute atomic E-state index is 0.0537. The molecule has 0 radical (unpaired) electrons. The number of anilines is 2. The maximum Gasteiger partial charge on any atom is 0.262 e. The minimum Gasteiger partial charge on any atom is -0.490 e. The van der Waals surface area contributed by atoms with Gasteiger partial charge in [0.2, 0.25) is 0 Å². The van der Waals surface area contributed by atoms with Gasteiger partial charge in [-0.2, -0.15) is 0 Å². The van der Waals surface area contributed by atoms with Crippen LogP contribution < -0.4 is 19.5 Å². The summed E-state index contributed by atoms with van der Waals surface area (Å²) >= 11 is 0. The van der Waals surface area contributed by atoms with Gasteiger partial charge in [0.05, 0.1) is 18.1 Å². The lowest BCUT2D eigenvalue weighted by Crippen LogP contribution is -2.14. The van der Waals surface area contributed by atoms with E-state index in [4.69, 9.17) is 13.9 Å². The summed E-state index contributed by atoms with van der Waals surface area (Å²) in [6.07, 6.45) is 1.41. The number of nitrogens with zero attached hydrogens (tertiary/aromatic N) is 1. The summed E-state index contributed by atoms with van der Waals surface area (Å²) in [7, 11) is -3.86. The Bertz CT molecular complexity index is 1500. The summed E-state index contributed by atoms with van der Waals surface area (Å²) in [4.78, 5) is 17.1. The number of hydrogen-bond acceptors (Lipinski definition) is 7. The van der Waals surface area contributed by atoms with Crippen LogP contribution in [0.3, 0.4) is 0 Å². The Morgan fingerprint density at radius 2 is 1.69 bits per heavy atom. The second kappa shape index (κ2) is 9.30. The third kappa shape index (κ3) is 4.92. The number of oxazole rings is 1. The molecule has 1 amide bonds. The van der Waals surface area contributed by atoms with Crippen LogP contribution in [0.1, 0.15) is 29.6 Å². The monoisotopic (exact) mass is 493 g/mol. The average molecular weight is 494 g/mol. The Morgan fingerprint density at radius 1 is 0.943 bits per heavy atom. The predicted molar refractivity (Wildman–Crippen MR) is 131 cm³/mol. The molecule has 0 bridgehead atoms. The van der Waals surface area contributed by atoms with E-state index in [-0.39, 0.29) is 10.8 Å². The minimum atomic E-state index is -3.86. The highest BCUT2D eigenvalue weighted by Crippen LogP contribution is 2.32. The Labute approximate surface area is 202 Å². The molecule has 1 aliphatic rings. The number of nitrogens with one attached hydrogen (secondary N) is 2. The summed E-state index contributed by atoms with van der Waals surface area (Å²) in [6, 6.07) is 15.9. The van der Waals surface area contributed by atoms with E-state index in [1.165, 1.54) is 24.3 Å². The summed E-state index contributed by atoms with van der Waals surface area (Å²) < 4.78 is 45.0. The summed E-state index contributed by atoms with van der Waals surface area (Å²) in [5, 5.41) is 2.82. The maximum atomic E-state index is 12.9. The molecule has 1 aromatic heterocycles. The molecule has 0 spiro atoms. The molecule has 35 heavy (non-hydrogen) atoms. The van der Waals surface area contributed by atoms with Crippen molar-refractivity contribution in [2.45, 2.75) is 24.7 Å². The first-order valence-electron chi connectivity index (χ1n) is 11.1. The van der Waals surface area contributed by atoms with Crippen LogP contribution in [0.15, 0.2) is 70.0 Å². The largest absolute Gasteiger partial charge is 0.490 e. The Morgan fingerprint density at radius 3 is 2.46 bits per heavy atom. The van der Waals surface area contributed by atoms with Gasteiger partial charge in [0.1, 0.15) is 5.52 Å². The molecular weight excluding hydrogens is 470 g/mol. The number of amides is 1. The van der Waals surface area contributed by atoms with Gasteiger partial charge in [-0.3, -0.25) is 9.52 Å². The van der Waals surface area contributed by atoms with Crippen molar-refractivity contribution in [3.05, 3.63) is 72.1 Å². The number of sulfonamides is 1. The summed E-state index contributed by atoms with van der Waals surface area (Å²) in [6.45, 7) is 2.93. The summed E-state index contributed by atoms with van der Waals surface area (Å²) in [5.74, 6) is 1.21. The van der Waals surface area contributed by atoms with Crippen molar-refractivity contribution in [3.8, 4) is 11.5 Å². The fourth-order valence-corrected chi connectivity index (χ4v) is 4.70. The number of ether oxygens (including phenoxy) is 2. The molecule has 0 fully saturated rings. The molecule has 2 heterocycles. The molecule has 180 valence electrons. The predicted octanol–water partition coefficient (Wildman–Crippen LogP) is 4.60. The second-order valence-corrected chi connectivity index (χ2v) is 9.62. The standard InChI is InChI=1S/C25H23N3O6S/c1-2-24-27-20-14-18(8-10-21(20)34-24)26-25(29)16-4-6-17(7-5-16)28-35(30,31)19-9-11-22-23(15-19)33-13-3-12-32-22/h4-11,14-15,28H,2-3,12-13H2,1H3,(H,26,29). The molecule has 10 heteroatoms. The zero-order valence-electron chi connectivity index (χ0n) is 18.9. The fourth-order valence-electron chi connectivity index (χ4n) is 3.62. The van der Waals surface area contributed by atoms with Gasteiger partial charge in [0.25, 0.3) is 15.9 Å². The number of benzene rings is 3. The average Bonchev–Trinajstić information content (AvgIpc) is 3.12. The molecule has 0 saturated heterocycles. The Kier molecular flexibility index (Phi) is 6.04. The van der Waals surface area contributed by atoms with Gasteiger partial charge in [0.15, 0.2) is 23.0 Å². The smallest absolute Gasteiger partial charge is 0.262 e. The molecular formula is C25H23N3O6S. The van der Waals surface area contributed by atoms with Crippen molar-refractivity contribution in [1.82, 2.24) is 4.98 Å². The van der Waals surface area contributed by atoms with Crippen molar-refractivity contribution in [1.29, 1.82) is 0 Å². The number of hydrogen-bond donors (Lipinski definition) is 2. The molecule has 0 aliphatic carbocycles. The van der Waals surface area contributed by atoms with Crippen LogP contribution in [0, 0.1) is 0 Å². The molecule has 0 atom stereocenters. The number of carbonyl (C=O) groups is 1. The van der Waals surface area contributed by atoms with E-state index in [9.17, 15) is 13.2 Å². The molecule has 0 unspecified atom stereocenters. The van der Waals surface area contributed by atoms with Crippen LogP contribution in [0.2, 0.25) is 0 Å². The quantitative estimate of drug-likeness (QED) is 0.403. The molecule has 9 nitrogen and oxygen atoms in total.